The van der Waals surface area contributed by atoms with E-state index in [1.807, 2.05) is 50.2 Å². The summed E-state index contributed by atoms with van der Waals surface area (Å²) in [6, 6.07) is 16.2. The lowest BCUT2D eigenvalue weighted by Gasteiger charge is -2.32. The molecule has 1 unspecified atom stereocenters. The molecule has 0 amide bonds. The zero-order valence-electron chi connectivity index (χ0n) is 15.2. The molecule has 4 rings (SSSR count). The Hall–Kier alpha value is -2.43. The van der Waals surface area contributed by atoms with Gasteiger partial charge in [0.15, 0.2) is 0 Å². The summed E-state index contributed by atoms with van der Waals surface area (Å²) in [7, 11) is 0. The SMILES string of the molecule is C=C(C)C(=O)OC(C)(C)C1COC2(O1)c1ccccc1-c1ccccc12. The fourth-order valence-electron chi connectivity index (χ4n) is 3.63. The van der Waals surface area contributed by atoms with Gasteiger partial charge in [-0.15, -0.1) is 0 Å². The highest BCUT2D eigenvalue weighted by Crippen LogP contribution is 2.53. The monoisotopic (exact) mass is 350 g/mol. The van der Waals surface area contributed by atoms with Crippen LogP contribution in [0.1, 0.15) is 31.9 Å². The molecule has 0 N–H and O–H groups in total. The molecule has 0 saturated carbocycles. The molecule has 1 atom stereocenters. The third kappa shape index (κ3) is 2.41. The molecule has 2 aromatic rings. The van der Waals surface area contributed by atoms with Crippen molar-refractivity contribution in [3.05, 3.63) is 71.8 Å². The smallest absolute Gasteiger partial charge is 0.333 e. The van der Waals surface area contributed by atoms with Crippen molar-refractivity contribution in [1.82, 2.24) is 0 Å². The predicted molar refractivity (Wildman–Crippen MR) is 98.5 cm³/mol. The molecule has 4 heteroatoms. The molecule has 0 bridgehead atoms. The Balaban J connectivity index is 1.71. The van der Waals surface area contributed by atoms with Crippen LogP contribution in [-0.4, -0.2) is 24.3 Å². The van der Waals surface area contributed by atoms with E-state index in [1.54, 1.807) is 6.92 Å². The number of carbonyl (C=O) groups is 1. The zero-order valence-corrected chi connectivity index (χ0v) is 15.2. The quantitative estimate of drug-likeness (QED) is 0.615. The molecule has 2 aromatic carbocycles. The van der Waals surface area contributed by atoms with Gasteiger partial charge in [0.05, 0.1) is 6.61 Å². The molecule has 1 aliphatic carbocycles. The van der Waals surface area contributed by atoms with Gasteiger partial charge in [0.1, 0.15) is 11.7 Å². The number of fused-ring (bicyclic) bond motifs is 5. The zero-order chi connectivity index (χ0) is 18.5. The summed E-state index contributed by atoms with van der Waals surface area (Å²) in [5.74, 6) is -1.38. The van der Waals surface area contributed by atoms with Crippen molar-refractivity contribution in [3.8, 4) is 11.1 Å². The number of esters is 1. The fraction of sp³-hybridized carbons (Fsp3) is 0.318. The van der Waals surface area contributed by atoms with E-state index in [4.69, 9.17) is 14.2 Å². The fourth-order valence-corrected chi connectivity index (χ4v) is 3.63. The Bertz CT molecular complexity index is 851. The summed E-state index contributed by atoms with van der Waals surface area (Å²) in [5.41, 5.74) is 3.73. The summed E-state index contributed by atoms with van der Waals surface area (Å²) in [4.78, 5) is 12.0. The summed E-state index contributed by atoms with van der Waals surface area (Å²) in [5, 5.41) is 0. The van der Waals surface area contributed by atoms with Crippen molar-refractivity contribution in [1.29, 1.82) is 0 Å². The van der Waals surface area contributed by atoms with Gasteiger partial charge in [-0.2, -0.15) is 0 Å². The Morgan fingerprint density at radius 3 is 2.19 bits per heavy atom. The summed E-state index contributed by atoms with van der Waals surface area (Å²) in [6.45, 7) is 9.30. The van der Waals surface area contributed by atoms with Crippen LogP contribution in [0.25, 0.3) is 11.1 Å². The van der Waals surface area contributed by atoms with E-state index in [1.165, 1.54) is 0 Å². The second-order valence-corrected chi connectivity index (χ2v) is 7.40. The molecule has 1 heterocycles. The second-order valence-electron chi connectivity index (χ2n) is 7.40. The van der Waals surface area contributed by atoms with Gasteiger partial charge in [0.25, 0.3) is 0 Å². The van der Waals surface area contributed by atoms with Crippen LogP contribution in [0.15, 0.2) is 60.7 Å². The van der Waals surface area contributed by atoms with Crippen molar-refractivity contribution in [2.45, 2.75) is 38.3 Å². The first-order valence-electron chi connectivity index (χ1n) is 8.75. The third-order valence-corrected chi connectivity index (χ3v) is 5.08. The maximum atomic E-state index is 12.0. The van der Waals surface area contributed by atoms with E-state index in [0.717, 1.165) is 22.3 Å². The van der Waals surface area contributed by atoms with Crippen LogP contribution in [0, 0.1) is 0 Å². The normalized spacial score (nSPS) is 19.9. The van der Waals surface area contributed by atoms with Crippen molar-refractivity contribution >= 4 is 5.97 Å². The lowest BCUT2D eigenvalue weighted by Crippen LogP contribution is -2.43. The van der Waals surface area contributed by atoms with Gasteiger partial charge in [0.2, 0.25) is 5.79 Å². The molecule has 134 valence electrons. The van der Waals surface area contributed by atoms with Crippen molar-refractivity contribution in [3.63, 3.8) is 0 Å². The first kappa shape index (κ1) is 17.0. The lowest BCUT2D eigenvalue weighted by molar-refractivity contribution is -0.184. The van der Waals surface area contributed by atoms with Crippen LogP contribution in [0.5, 0.6) is 0 Å². The van der Waals surface area contributed by atoms with Gasteiger partial charge in [0, 0.05) is 16.7 Å². The first-order valence-corrected chi connectivity index (χ1v) is 8.75. The predicted octanol–water partition coefficient (Wildman–Crippen LogP) is 4.18. The molecule has 2 aliphatic rings. The van der Waals surface area contributed by atoms with E-state index in [0.29, 0.717) is 12.2 Å². The van der Waals surface area contributed by atoms with E-state index in [9.17, 15) is 4.79 Å². The van der Waals surface area contributed by atoms with Gasteiger partial charge in [-0.1, -0.05) is 55.1 Å². The average Bonchev–Trinajstić information content (AvgIpc) is 3.18. The number of carbonyl (C=O) groups excluding carboxylic acids is 1. The van der Waals surface area contributed by atoms with Gasteiger partial charge in [-0.05, 0) is 31.9 Å². The molecule has 26 heavy (non-hydrogen) atoms. The van der Waals surface area contributed by atoms with E-state index in [-0.39, 0.29) is 0 Å². The van der Waals surface area contributed by atoms with Crippen LogP contribution in [0.3, 0.4) is 0 Å². The molecular weight excluding hydrogens is 328 g/mol. The van der Waals surface area contributed by atoms with Gasteiger partial charge in [-0.3, -0.25) is 0 Å². The van der Waals surface area contributed by atoms with Crippen LogP contribution >= 0.6 is 0 Å². The van der Waals surface area contributed by atoms with Crippen molar-refractivity contribution in [2.75, 3.05) is 6.61 Å². The molecule has 1 spiro atoms. The number of benzene rings is 2. The van der Waals surface area contributed by atoms with Crippen LogP contribution in [0.4, 0.5) is 0 Å². The number of hydrogen-bond donors (Lipinski definition) is 0. The highest BCUT2D eigenvalue weighted by Gasteiger charge is 2.55. The molecule has 0 radical (unpaired) electrons. The Morgan fingerprint density at radius 2 is 1.65 bits per heavy atom. The van der Waals surface area contributed by atoms with Crippen LogP contribution in [-0.2, 0) is 24.8 Å². The summed E-state index contributed by atoms with van der Waals surface area (Å²) >= 11 is 0. The van der Waals surface area contributed by atoms with Gasteiger partial charge < -0.3 is 14.2 Å². The lowest BCUT2D eigenvalue weighted by atomic mass is 10.0. The molecule has 1 fully saturated rings. The Kier molecular flexibility index (Phi) is 3.79. The van der Waals surface area contributed by atoms with E-state index >= 15 is 0 Å². The average molecular weight is 350 g/mol. The minimum absolute atomic E-state index is 0.332. The number of ether oxygens (including phenoxy) is 3. The first-order chi connectivity index (χ1) is 12.3. The minimum atomic E-state index is -0.954. The van der Waals surface area contributed by atoms with Gasteiger partial charge in [-0.25, -0.2) is 4.79 Å². The second kappa shape index (κ2) is 5.79. The topological polar surface area (TPSA) is 44.8 Å². The number of hydrogen-bond acceptors (Lipinski definition) is 4. The van der Waals surface area contributed by atoms with Crippen LogP contribution in [0.2, 0.25) is 0 Å². The number of rotatable bonds is 3. The van der Waals surface area contributed by atoms with E-state index in [2.05, 4.69) is 18.7 Å². The largest absolute Gasteiger partial charge is 0.453 e. The standard InChI is InChI=1S/C22H22O4/c1-14(2)20(23)26-21(3,4)19-13-24-22(25-19)17-11-7-5-9-15(17)16-10-6-8-12-18(16)22/h5-12,19H,1,13H2,2-4H3. The molecule has 1 aliphatic heterocycles. The maximum Gasteiger partial charge on any atom is 0.333 e. The van der Waals surface area contributed by atoms with E-state index < -0.39 is 23.5 Å². The van der Waals surface area contributed by atoms with Crippen LogP contribution < -0.4 is 0 Å². The van der Waals surface area contributed by atoms with Gasteiger partial charge >= 0.3 is 5.97 Å². The Morgan fingerprint density at radius 1 is 1.12 bits per heavy atom. The molecular formula is C22H22O4. The molecule has 1 saturated heterocycles. The summed E-state index contributed by atoms with van der Waals surface area (Å²) in [6.07, 6.45) is -0.398. The minimum Gasteiger partial charge on any atom is -0.453 e. The third-order valence-electron chi connectivity index (χ3n) is 5.08. The van der Waals surface area contributed by atoms with Crippen molar-refractivity contribution in [2.24, 2.45) is 0 Å². The highest BCUT2D eigenvalue weighted by molar-refractivity contribution is 5.87. The molecule has 0 aromatic heterocycles. The Labute approximate surface area is 153 Å². The summed E-state index contributed by atoms with van der Waals surface area (Å²) < 4.78 is 18.4. The molecule has 4 nitrogen and oxygen atoms in total. The maximum absolute atomic E-state index is 12.0. The highest BCUT2D eigenvalue weighted by atomic mass is 16.8. The van der Waals surface area contributed by atoms with Crippen molar-refractivity contribution < 1.29 is 19.0 Å².